The van der Waals surface area contributed by atoms with E-state index in [1.807, 2.05) is 0 Å². The van der Waals surface area contributed by atoms with E-state index in [0.717, 1.165) is 23.1 Å². The number of hydrogen-bond acceptors (Lipinski definition) is 5. The molecule has 1 saturated heterocycles. The topological polar surface area (TPSA) is 63.4 Å². The molecule has 0 unspecified atom stereocenters. The number of alkyl halides is 6. The summed E-state index contributed by atoms with van der Waals surface area (Å²) in [6, 6.07) is 2.74. The monoisotopic (exact) mass is 510 g/mol. The van der Waals surface area contributed by atoms with Gasteiger partial charge in [-0.15, -0.1) is 11.3 Å². The van der Waals surface area contributed by atoms with Gasteiger partial charge in [-0.1, -0.05) is 24.0 Å². The zero-order chi connectivity index (χ0) is 23.8. The number of carbonyl (C=O) groups is 2. The Morgan fingerprint density at radius 3 is 2.16 bits per heavy atom. The van der Waals surface area contributed by atoms with Crippen molar-refractivity contribution in [3.8, 4) is 11.1 Å². The van der Waals surface area contributed by atoms with E-state index in [4.69, 9.17) is 18.0 Å². The highest BCUT2D eigenvalue weighted by atomic mass is 32.2. The minimum Gasteiger partial charge on any atom is -0.370 e. The lowest BCUT2D eigenvalue weighted by atomic mass is 10.0. The van der Waals surface area contributed by atoms with Crippen LogP contribution in [0.4, 0.5) is 26.3 Å². The zero-order valence-corrected chi connectivity index (χ0v) is 18.2. The van der Waals surface area contributed by atoms with Gasteiger partial charge >= 0.3 is 12.4 Å². The van der Waals surface area contributed by atoms with Crippen LogP contribution in [0.5, 0.6) is 0 Å². The maximum absolute atomic E-state index is 13.1. The first-order valence-corrected chi connectivity index (χ1v) is 10.8. The number of benzene rings is 1. The molecule has 0 spiro atoms. The molecule has 0 radical (unpaired) electrons. The second-order valence-electron chi connectivity index (χ2n) is 6.58. The van der Waals surface area contributed by atoms with Crippen LogP contribution in [0, 0.1) is 0 Å². The largest absolute Gasteiger partial charge is 0.416 e. The number of rotatable bonds is 5. The Morgan fingerprint density at radius 2 is 1.62 bits per heavy atom. The van der Waals surface area contributed by atoms with Crippen LogP contribution in [0.15, 0.2) is 34.6 Å². The van der Waals surface area contributed by atoms with Gasteiger partial charge in [-0.2, -0.15) is 26.3 Å². The molecule has 170 valence electrons. The lowest BCUT2D eigenvalue weighted by Gasteiger charge is -2.13. The maximum Gasteiger partial charge on any atom is 0.416 e. The van der Waals surface area contributed by atoms with Crippen LogP contribution in [-0.2, 0) is 21.9 Å². The van der Waals surface area contributed by atoms with Gasteiger partial charge in [0.1, 0.15) is 4.32 Å². The predicted octanol–water partition coefficient (Wildman–Crippen LogP) is 5.53. The first kappa shape index (κ1) is 24.3. The molecule has 13 heteroatoms. The van der Waals surface area contributed by atoms with Crippen molar-refractivity contribution in [3.63, 3.8) is 0 Å². The molecule has 0 saturated carbocycles. The molecule has 0 bridgehead atoms. The molecule has 2 heterocycles. The number of nitrogens with zero attached hydrogens (tertiary/aromatic N) is 1. The van der Waals surface area contributed by atoms with E-state index in [2.05, 4.69) is 0 Å². The van der Waals surface area contributed by atoms with E-state index >= 15 is 0 Å². The summed E-state index contributed by atoms with van der Waals surface area (Å²) in [6.45, 7) is 0.0114. The van der Waals surface area contributed by atoms with Crippen molar-refractivity contribution in [1.82, 2.24) is 4.90 Å². The average molecular weight is 511 g/mol. The molecule has 1 aromatic carbocycles. The second-order valence-corrected chi connectivity index (χ2v) is 9.20. The van der Waals surface area contributed by atoms with Crippen molar-refractivity contribution in [2.24, 2.45) is 5.73 Å². The Hall–Kier alpha value is -2.38. The highest BCUT2D eigenvalue weighted by Crippen LogP contribution is 2.40. The zero-order valence-electron chi connectivity index (χ0n) is 15.7. The van der Waals surface area contributed by atoms with E-state index in [1.165, 1.54) is 22.4 Å². The normalized spacial score (nSPS) is 16.3. The van der Waals surface area contributed by atoms with E-state index in [0.29, 0.717) is 17.0 Å². The van der Waals surface area contributed by atoms with Crippen LogP contribution < -0.4 is 5.73 Å². The fourth-order valence-electron chi connectivity index (χ4n) is 2.75. The molecule has 2 aromatic rings. The summed E-state index contributed by atoms with van der Waals surface area (Å²) in [5, 5.41) is 1.40. The van der Waals surface area contributed by atoms with E-state index in [9.17, 15) is 35.9 Å². The molecule has 1 aliphatic heterocycles. The van der Waals surface area contributed by atoms with Gasteiger partial charge in [0.2, 0.25) is 5.91 Å². The first-order valence-electron chi connectivity index (χ1n) is 8.68. The smallest absolute Gasteiger partial charge is 0.370 e. The number of primary amides is 1. The molecule has 0 aliphatic carbocycles. The molecule has 3 rings (SSSR count). The third-order valence-electron chi connectivity index (χ3n) is 4.27. The predicted molar refractivity (Wildman–Crippen MR) is 113 cm³/mol. The summed E-state index contributed by atoms with van der Waals surface area (Å²) < 4.78 is 78.8. The van der Waals surface area contributed by atoms with Gasteiger partial charge in [-0.3, -0.25) is 14.5 Å². The summed E-state index contributed by atoms with van der Waals surface area (Å²) in [6.07, 6.45) is -8.54. The number of thioether (sulfide) groups is 1. The van der Waals surface area contributed by atoms with Crippen LogP contribution in [0.1, 0.15) is 22.4 Å². The SMILES string of the molecule is NC(=O)CCN1C(=O)/C(=C/c2cc(-c3cc(C(F)(F)F)cc(C(F)(F)F)c3)cs2)SC1=S. The van der Waals surface area contributed by atoms with Gasteiger partial charge in [0.25, 0.3) is 5.91 Å². The van der Waals surface area contributed by atoms with Gasteiger partial charge in [0.15, 0.2) is 0 Å². The molecule has 1 aromatic heterocycles. The van der Waals surface area contributed by atoms with Gasteiger partial charge in [0.05, 0.1) is 16.0 Å². The Kier molecular flexibility index (Phi) is 6.72. The van der Waals surface area contributed by atoms with Crippen molar-refractivity contribution >= 4 is 57.5 Å². The molecule has 1 fully saturated rings. The number of halogens is 6. The van der Waals surface area contributed by atoms with Crippen LogP contribution in [0.2, 0.25) is 0 Å². The molecule has 2 amide bonds. The highest BCUT2D eigenvalue weighted by molar-refractivity contribution is 8.26. The van der Waals surface area contributed by atoms with Crippen molar-refractivity contribution < 1.29 is 35.9 Å². The van der Waals surface area contributed by atoms with Gasteiger partial charge in [0, 0.05) is 17.8 Å². The summed E-state index contributed by atoms with van der Waals surface area (Å²) in [7, 11) is 0. The number of amides is 2. The number of thiocarbonyl (C=S) groups is 1. The summed E-state index contributed by atoms with van der Waals surface area (Å²) in [5.74, 6) is -1.07. The quantitative estimate of drug-likeness (QED) is 0.327. The van der Waals surface area contributed by atoms with Crippen molar-refractivity contribution in [2.45, 2.75) is 18.8 Å². The minimum absolute atomic E-state index is 0.0114. The van der Waals surface area contributed by atoms with E-state index < -0.39 is 35.3 Å². The third-order valence-corrected chi connectivity index (χ3v) is 6.53. The molecule has 1 aliphatic rings. The standard InChI is InChI=1S/C19H12F6N2O2S3/c20-18(21,22)11-3-9(4-12(6-11)19(23,24)25)10-5-13(31-8-10)7-14-16(29)27(17(30)32-14)2-1-15(26)28/h3-8H,1-2H2,(H2,26,28)/b14-7-. The molecule has 32 heavy (non-hydrogen) atoms. The van der Waals surface area contributed by atoms with Crippen LogP contribution in [0.25, 0.3) is 17.2 Å². The number of carbonyl (C=O) groups excluding carboxylic acids is 2. The number of thiophene rings is 1. The lowest BCUT2D eigenvalue weighted by molar-refractivity contribution is -0.143. The van der Waals surface area contributed by atoms with Gasteiger partial charge in [-0.25, -0.2) is 0 Å². The summed E-state index contributed by atoms with van der Waals surface area (Å²) in [5.41, 5.74) is 2.14. The first-order chi connectivity index (χ1) is 14.8. The van der Waals surface area contributed by atoms with Crippen LogP contribution in [0.3, 0.4) is 0 Å². The fourth-order valence-corrected chi connectivity index (χ4v) is 4.97. The van der Waals surface area contributed by atoms with E-state index in [1.54, 1.807) is 0 Å². The second kappa shape index (κ2) is 8.87. The average Bonchev–Trinajstić information content (AvgIpc) is 3.23. The van der Waals surface area contributed by atoms with Crippen molar-refractivity contribution in [2.75, 3.05) is 6.54 Å². The Labute approximate surface area is 191 Å². The molecular formula is C19H12F6N2O2S3. The van der Waals surface area contributed by atoms with Gasteiger partial charge < -0.3 is 5.73 Å². The number of nitrogens with two attached hydrogens (primary N) is 1. The van der Waals surface area contributed by atoms with Crippen LogP contribution in [-0.4, -0.2) is 27.6 Å². The van der Waals surface area contributed by atoms with Gasteiger partial charge in [-0.05, 0) is 46.8 Å². The lowest BCUT2D eigenvalue weighted by Crippen LogP contribution is -2.31. The van der Waals surface area contributed by atoms with E-state index in [-0.39, 0.29) is 39.4 Å². The summed E-state index contributed by atoms with van der Waals surface area (Å²) >= 11 is 7.12. The van der Waals surface area contributed by atoms with Crippen molar-refractivity contribution in [1.29, 1.82) is 0 Å². The highest BCUT2D eigenvalue weighted by Gasteiger charge is 2.37. The Morgan fingerprint density at radius 1 is 1.03 bits per heavy atom. The maximum atomic E-state index is 13.1. The Bertz CT molecular complexity index is 1090. The molecule has 4 nitrogen and oxygen atoms in total. The molecule has 2 N–H and O–H groups in total. The Balaban J connectivity index is 1.92. The fraction of sp³-hybridized carbons (Fsp3) is 0.211. The van der Waals surface area contributed by atoms with Crippen LogP contribution >= 0.6 is 35.3 Å². The number of hydrogen-bond donors (Lipinski definition) is 1. The summed E-state index contributed by atoms with van der Waals surface area (Å²) in [4.78, 5) is 25.3. The third kappa shape index (κ3) is 5.51. The minimum atomic E-state index is -4.95. The molecule has 0 atom stereocenters. The van der Waals surface area contributed by atoms with Crippen molar-refractivity contribution in [3.05, 3.63) is 50.6 Å². The molecular weight excluding hydrogens is 498 g/mol.